The zero-order valence-electron chi connectivity index (χ0n) is 4.05. The van der Waals surface area contributed by atoms with Gasteiger partial charge in [-0.2, -0.15) is 0 Å². The smallest absolute Gasteiger partial charge is 0.305 e. The number of carbonyl (C=O) groups is 1. The molecule has 4 nitrogen and oxygen atoms in total. The summed E-state index contributed by atoms with van der Waals surface area (Å²) in [5, 5.41) is 0. The van der Waals surface area contributed by atoms with E-state index in [9.17, 15) is 4.79 Å². The summed E-state index contributed by atoms with van der Waals surface area (Å²) >= 11 is 0. The van der Waals surface area contributed by atoms with Crippen LogP contribution in [0.5, 0.6) is 0 Å². The summed E-state index contributed by atoms with van der Waals surface area (Å²) in [7, 11) is 0. The summed E-state index contributed by atoms with van der Waals surface area (Å²) in [6, 6.07) is 0. The highest BCUT2D eigenvalue weighted by molar-refractivity contribution is 5.65. The fourth-order valence-electron chi connectivity index (χ4n) is 0.192. The van der Waals surface area contributed by atoms with Crippen LogP contribution in [-0.4, -0.2) is 12.3 Å². The van der Waals surface area contributed by atoms with Crippen LogP contribution in [0.15, 0.2) is 0 Å². The van der Waals surface area contributed by atoms with Crippen molar-refractivity contribution in [2.75, 3.05) is 0 Å². The Morgan fingerprint density at radius 1 is 1.71 bits per heavy atom. The number of esters is 1. The van der Waals surface area contributed by atoms with Crippen LogP contribution < -0.4 is 11.5 Å². The second kappa shape index (κ2) is 2.54. The van der Waals surface area contributed by atoms with Crippen molar-refractivity contribution in [1.82, 2.24) is 0 Å². The molecule has 0 aliphatic heterocycles. The normalized spacial score (nSPS) is 9.14. The first kappa shape index (κ1) is 6.39. The van der Waals surface area contributed by atoms with Crippen LogP contribution in [0, 0.1) is 0 Å². The minimum atomic E-state index is -0.975. The standard InChI is InChI=1S/C3H8N2O2/c1-2(6)7-3(4)5/h3H,4-5H2,1H3. The number of hydrogen-bond donors (Lipinski definition) is 2. The van der Waals surface area contributed by atoms with E-state index in [0.717, 1.165) is 0 Å². The van der Waals surface area contributed by atoms with Crippen LogP contribution in [0.4, 0.5) is 0 Å². The molecule has 0 aliphatic rings. The lowest BCUT2D eigenvalue weighted by Crippen LogP contribution is -2.34. The van der Waals surface area contributed by atoms with Gasteiger partial charge < -0.3 is 4.74 Å². The molecule has 0 aromatic heterocycles. The van der Waals surface area contributed by atoms with Crippen LogP contribution in [0.2, 0.25) is 0 Å². The van der Waals surface area contributed by atoms with Crippen LogP contribution in [0.25, 0.3) is 0 Å². The van der Waals surface area contributed by atoms with Crippen molar-refractivity contribution in [3.8, 4) is 0 Å². The molecule has 0 rings (SSSR count). The predicted octanol–water partition coefficient (Wildman–Crippen LogP) is -1.25. The monoisotopic (exact) mass is 104 g/mol. The third-order valence-electron chi connectivity index (χ3n) is 0.302. The highest BCUT2D eigenvalue weighted by Gasteiger charge is 1.93. The molecule has 4 N–H and O–H groups in total. The lowest BCUT2D eigenvalue weighted by atomic mass is 10.8. The van der Waals surface area contributed by atoms with E-state index >= 15 is 0 Å². The van der Waals surface area contributed by atoms with Crippen molar-refractivity contribution in [1.29, 1.82) is 0 Å². The maximum absolute atomic E-state index is 9.87. The van der Waals surface area contributed by atoms with Gasteiger partial charge in [0.15, 0.2) is 0 Å². The summed E-state index contributed by atoms with van der Waals surface area (Å²) in [6.45, 7) is 1.24. The van der Waals surface area contributed by atoms with Crippen molar-refractivity contribution < 1.29 is 9.53 Å². The van der Waals surface area contributed by atoms with E-state index in [1.54, 1.807) is 0 Å². The molecule has 0 unspecified atom stereocenters. The third kappa shape index (κ3) is 5.39. The molecular formula is C3H8N2O2. The quantitative estimate of drug-likeness (QED) is 0.322. The van der Waals surface area contributed by atoms with Gasteiger partial charge in [0.2, 0.25) is 6.35 Å². The van der Waals surface area contributed by atoms with E-state index in [1.807, 2.05) is 0 Å². The highest BCUT2D eigenvalue weighted by atomic mass is 16.6. The SMILES string of the molecule is CC(=O)OC(N)N. The average Bonchev–Trinajstić information content (AvgIpc) is 1.27. The minimum absolute atomic E-state index is 0.463. The topological polar surface area (TPSA) is 78.3 Å². The second-order valence-corrected chi connectivity index (χ2v) is 1.07. The molecule has 0 heterocycles. The molecule has 0 aromatic rings. The molecule has 0 atom stereocenters. The molecule has 0 saturated carbocycles. The van der Waals surface area contributed by atoms with E-state index in [2.05, 4.69) is 4.74 Å². The molecule has 0 amide bonds. The second-order valence-electron chi connectivity index (χ2n) is 1.07. The maximum atomic E-state index is 9.87. The Bertz CT molecular complexity index is 71.3. The third-order valence-corrected chi connectivity index (χ3v) is 0.302. The van der Waals surface area contributed by atoms with Crippen molar-refractivity contribution in [3.63, 3.8) is 0 Å². The van der Waals surface area contributed by atoms with Gasteiger partial charge in [0.1, 0.15) is 0 Å². The predicted molar refractivity (Wildman–Crippen MR) is 23.9 cm³/mol. The number of ether oxygens (including phenoxy) is 1. The van der Waals surface area contributed by atoms with E-state index in [1.165, 1.54) is 6.92 Å². The Morgan fingerprint density at radius 2 is 2.14 bits per heavy atom. The Labute approximate surface area is 41.4 Å². The maximum Gasteiger partial charge on any atom is 0.305 e. The summed E-state index contributed by atoms with van der Waals surface area (Å²) in [5.74, 6) is -0.463. The lowest BCUT2D eigenvalue weighted by molar-refractivity contribution is -0.145. The van der Waals surface area contributed by atoms with Crippen LogP contribution >= 0.6 is 0 Å². The lowest BCUT2D eigenvalue weighted by Gasteiger charge is -2.01. The molecule has 0 fully saturated rings. The molecule has 0 radical (unpaired) electrons. The van der Waals surface area contributed by atoms with Gasteiger partial charge in [-0.05, 0) is 0 Å². The number of nitrogens with two attached hydrogens (primary N) is 2. The average molecular weight is 104 g/mol. The first-order chi connectivity index (χ1) is 3.13. The van der Waals surface area contributed by atoms with E-state index in [-0.39, 0.29) is 0 Å². The molecule has 0 aromatic carbocycles. The van der Waals surface area contributed by atoms with Gasteiger partial charge in [-0.15, -0.1) is 0 Å². The zero-order chi connectivity index (χ0) is 5.86. The molecule has 7 heavy (non-hydrogen) atoms. The van der Waals surface area contributed by atoms with Gasteiger partial charge in [-0.25, -0.2) is 0 Å². The van der Waals surface area contributed by atoms with Gasteiger partial charge in [0.25, 0.3) is 0 Å². The first-order valence-corrected chi connectivity index (χ1v) is 1.81. The number of rotatable bonds is 1. The minimum Gasteiger partial charge on any atom is -0.434 e. The molecular weight excluding hydrogens is 96.0 g/mol. The molecule has 0 aliphatic carbocycles. The van der Waals surface area contributed by atoms with Crippen LogP contribution in [0.1, 0.15) is 6.92 Å². The summed E-state index contributed by atoms with van der Waals surface area (Å²) in [6.07, 6.45) is -0.975. The Balaban J connectivity index is 3.13. The van der Waals surface area contributed by atoms with Gasteiger partial charge >= 0.3 is 5.97 Å². The Morgan fingerprint density at radius 3 is 2.14 bits per heavy atom. The Kier molecular flexibility index (Phi) is 2.32. The summed E-state index contributed by atoms with van der Waals surface area (Å²) in [5.41, 5.74) is 9.66. The van der Waals surface area contributed by atoms with Gasteiger partial charge in [0, 0.05) is 6.92 Å². The molecule has 0 spiro atoms. The van der Waals surface area contributed by atoms with Crippen molar-refractivity contribution in [3.05, 3.63) is 0 Å². The van der Waals surface area contributed by atoms with E-state index in [4.69, 9.17) is 11.5 Å². The first-order valence-electron chi connectivity index (χ1n) is 1.81. The van der Waals surface area contributed by atoms with Crippen molar-refractivity contribution in [2.45, 2.75) is 13.3 Å². The van der Waals surface area contributed by atoms with Crippen LogP contribution in [-0.2, 0) is 9.53 Å². The molecule has 0 saturated heterocycles. The van der Waals surface area contributed by atoms with E-state index in [0.29, 0.717) is 0 Å². The van der Waals surface area contributed by atoms with Gasteiger partial charge in [-0.1, -0.05) is 0 Å². The fraction of sp³-hybridized carbons (Fsp3) is 0.667. The van der Waals surface area contributed by atoms with E-state index < -0.39 is 12.3 Å². The molecule has 0 bridgehead atoms. The van der Waals surface area contributed by atoms with Crippen LogP contribution in [0.3, 0.4) is 0 Å². The molecule has 4 heteroatoms. The fourth-order valence-corrected chi connectivity index (χ4v) is 0.192. The zero-order valence-corrected chi connectivity index (χ0v) is 4.05. The highest BCUT2D eigenvalue weighted by Crippen LogP contribution is 1.71. The van der Waals surface area contributed by atoms with Crippen molar-refractivity contribution in [2.24, 2.45) is 11.5 Å². The van der Waals surface area contributed by atoms with Gasteiger partial charge in [0.05, 0.1) is 0 Å². The Hall–Kier alpha value is -0.610. The largest absolute Gasteiger partial charge is 0.434 e. The number of carbonyl (C=O) groups excluding carboxylic acids is 1. The van der Waals surface area contributed by atoms with Gasteiger partial charge in [-0.3, -0.25) is 16.3 Å². The number of hydrogen-bond acceptors (Lipinski definition) is 4. The summed E-state index contributed by atoms with van der Waals surface area (Å²) < 4.78 is 4.17. The van der Waals surface area contributed by atoms with Crippen molar-refractivity contribution >= 4 is 5.97 Å². The molecule has 42 valence electrons. The summed E-state index contributed by atoms with van der Waals surface area (Å²) in [4.78, 5) is 9.87.